The van der Waals surface area contributed by atoms with Crippen LogP contribution in [0.15, 0.2) is 10.8 Å². The number of oxazole rings is 1. The molecule has 2 aliphatic heterocycles. The van der Waals surface area contributed by atoms with Crippen LogP contribution in [0.4, 0.5) is 0 Å². The molecule has 7 nitrogen and oxygen atoms in total. The Morgan fingerprint density at radius 1 is 1.41 bits per heavy atom. The Labute approximate surface area is 127 Å². The lowest BCUT2D eigenvalue weighted by atomic mass is 9.74. The third kappa shape index (κ3) is 1.95. The average molecular weight is 305 g/mol. The van der Waals surface area contributed by atoms with E-state index >= 15 is 0 Å². The molecule has 0 unspecified atom stereocenters. The number of primary amides is 1. The molecular weight excluding hydrogens is 286 g/mol. The largest absolute Gasteiger partial charge is 0.438 e. The first-order valence-electron chi connectivity index (χ1n) is 7.72. The zero-order chi connectivity index (χ0) is 15.3. The summed E-state index contributed by atoms with van der Waals surface area (Å²) in [5.41, 5.74) is 5.74. The molecule has 2 amide bonds. The normalized spacial score (nSPS) is 31.1. The Morgan fingerprint density at radius 3 is 2.91 bits per heavy atom. The summed E-state index contributed by atoms with van der Waals surface area (Å²) in [6, 6.07) is 0. The molecule has 7 heteroatoms. The van der Waals surface area contributed by atoms with E-state index in [-0.39, 0.29) is 17.7 Å². The molecule has 0 spiro atoms. The number of carbonyl (C=O) groups excluding carboxylic acids is 2. The fraction of sp³-hybridized carbons (Fsp3) is 0.667. The van der Waals surface area contributed by atoms with Crippen LogP contribution in [0, 0.1) is 11.3 Å². The van der Waals surface area contributed by atoms with Crippen LogP contribution in [0.5, 0.6) is 0 Å². The van der Waals surface area contributed by atoms with Gasteiger partial charge in [-0.05, 0) is 19.3 Å². The summed E-state index contributed by atoms with van der Waals surface area (Å²) >= 11 is 0. The molecule has 118 valence electrons. The minimum absolute atomic E-state index is 0.0324. The van der Waals surface area contributed by atoms with E-state index in [2.05, 4.69) is 4.98 Å². The number of fused-ring (bicyclic) bond motifs is 1. The van der Waals surface area contributed by atoms with Crippen molar-refractivity contribution >= 4 is 11.8 Å². The third-order valence-electron chi connectivity index (χ3n) is 5.24. The minimum Gasteiger partial charge on any atom is -0.438 e. The lowest BCUT2D eigenvalue weighted by Crippen LogP contribution is -2.48. The third-order valence-corrected chi connectivity index (χ3v) is 5.24. The maximum absolute atomic E-state index is 12.8. The molecule has 3 aliphatic rings. The molecule has 1 aromatic rings. The van der Waals surface area contributed by atoms with Crippen molar-refractivity contribution in [1.82, 2.24) is 9.88 Å². The van der Waals surface area contributed by atoms with Crippen LogP contribution >= 0.6 is 0 Å². The summed E-state index contributed by atoms with van der Waals surface area (Å²) in [5, 5.41) is 0. The van der Waals surface area contributed by atoms with Gasteiger partial charge in [-0.25, -0.2) is 4.98 Å². The Bertz CT molecular complexity index is 624. The van der Waals surface area contributed by atoms with Crippen molar-refractivity contribution in [1.29, 1.82) is 0 Å². The molecule has 0 radical (unpaired) electrons. The Kier molecular flexibility index (Phi) is 3.00. The lowest BCUT2D eigenvalue weighted by molar-refractivity contribution is -0.135. The maximum Gasteiger partial charge on any atom is 0.291 e. The van der Waals surface area contributed by atoms with Gasteiger partial charge in [0.15, 0.2) is 6.39 Å². The number of hydrogen-bond donors (Lipinski definition) is 1. The van der Waals surface area contributed by atoms with Gasteiger partial charge in [0, 0.05) is 31.5 Å². The second-order valence-electron chi connectivity index (χ2n) is 6.57. The van der Waals surface area contributed by atoms with Crippen LogP contribution in [0.3, 0.4) is 0 Å². The molecule has 0 bridgehead atoms. The molecule has 1 saturated carbocycles. The number of hydrogen-bond acceptors (Lipinski definition) is 5. The summed E-state index contributed by atoms with van der Waals surface area (Å²) in [5.74, 6) is 0.109. The number of nitrogens with zero attached hydrogens (tertiary/aromatic N) is 2. The fourth-order valence-corrected chi connectivity index (χ4v) is 3.71. The van der Waals surface area contributed by atoms with Gasteiger partial charge in [0.05, 0.1) is 17.7 Å². The van der Waals surface area contributed by atoms with Gasteiger partial charge in [0.25, 0.3) is 5.91 Å². The highest BCUT2D eigenvalue weighted by Crippen LogP contribution is 2.44. The molecule has 1 aliphatic carbocycles. The van der Waals surface area contributed by atoms with Crippen molar-refractivity contribution in [2.75, 3.05) is 26.3 Å². The van der Waals surface area contributed by atoms with E-state index in [1.54, 1.807) is 4.90 Å². The maximum atomic E-state index is 12.8. The van der Waals surface area contributed by atoms with Crippen LogP contribution in [-0.2, 0) is 9.53 Å². The standard InChI is InChI=1S/C15H19N3O4/c16-14(20)15-3-4-21-6-10(15)5-18(7-15)13(19)12-11(9-1-2-9)17-8-22-12/h8-10H,1-7H2,(H2,16,20)/t10-,15+/m1/s1. The number of rotatable bonds is 3. The van der Waals surface area contributed by atoms with Crippen molar-refractivity contribution in [3.05, 3.63) is 17.8 Å². The molecule has 1 aromatic heterocycles. The Balaban J connectivity index is 1.60. The van der Waals surface area contributed by atoms with Crippen molar-refractivity contribution in [2.24, 2.45) is 17.1 Å². The minimum atomic E-state index is -0.659. The van der Waals surface area contributed by atoms with Gasteiger partial charge in [0.2, 0.25) is 11.7 Å². The summed E-state index contributed by atoms with van der Waals surface area (Å²) < 4.78 is 10.8. The van der Waals surface area contributed by atoms with E-state index in [9.17, 15) is 9.59 Å². The molecule has 2 saturated heterocycles. The van der Waals surface area contributed by atoms with Crippen molar-refractivity contribution in [3.63, 3.8) is 0 Å². The molecular formula is C15H19N3O4. The number of aromatic nitrogens is 1. The SMILES string of the molecule is NC(=O)[C@]12CCOC[C@H]1CN(C(=O)c1ocnc1C1CC1)C2. The first-order chi connectivity index (χ1) is 10.6. The Hall–Kier alpha value is -1.89. The molecule has 2 atom stereocenters. The van der Waals surface area contributed by atoms with E-state index < -0.39 is 5.41 Å². The second kappa shape index (κ2) is 4.81. The molecule has 22 heavy (non-hydrogen) atoms. The molecule has 3 heterocycles. The van der Waals surface area contributed by atoms with Gasteiger partial charge in [-0.2, -0.15) is 0 Å². The number of carbonyl (C=O) groups is 2. The predicted octanol–water partition coefficient (Wildman–Crippen LogP) is 0.516. The van der Waals surface area contributed by atoms with E-state index in [0.717, 1.165) is 18.5 Å². The van der Waals surface area contributed by atoms with Crippen LogP contribution in [-0.4, -0.2) is 48.0 Å². The highest BCUT2D eigenvalue weighted by Gasteiger charge is 2.54. The summed E-state index contributed by atoms with van der Waals surface area (Å²) in [7, 11) is 0. The topological polar surface area (TPSA) is 98.7 Å². The van der Waals surface area contributed by atoms with Crippen molar-refractivity contribution < 1.29 is 18.7 Å². The fourth-order valence-electron chi connectivity index (χ4n) is 3.71. The quantitative estimate of drug-likeness (QED) is 0.877. The van der Waals surface area contributed by atoms with Crippen LogP contribution in [0.25, 0.3) is 0 Å². The average Bonchev–Trinajstić information content (AvgIpc) is 3.11. The van der Waals surface area contributed by atoms with E-state index in [4.69, 9.17) is 14.9 Å². The molecule has 3 fully saturated rings. The highest BCUT2D eigenvalue weighted by molar-refractivity contribution is 5.94. The van der Waals surface area contributed by atoms with Gasteiger partial charge in [-0.3, -0.25) is 9.59 Å². The molecule has 2 N–H and O–H groups in total. The van der Waals surface area contributed by atoms with Crippen LogP contribution in [0.1, 0.15) is 41.4 Å². The zero-order valence-electron chi connectivity index (χ0n) is 12.3. The lowest BCUT2D eigenvalue weighted by Gasteiger charge is -2.34. The van der Waals surface area contributed by atoms with E-state index in [1.165, 1.54) is 6.39 Å². The van der Waals surface area contributed by atoms with Crippen molar-refractivity contribution in [2.45, 2.75) is 25.2 Å². The summed E-state index contributed by atoms with van der Waals surface area (Å²) in [6.45, 7) is 1.81. The molecule has 4 rings (SSSR count). The second-order valence-corrected chi connectivity index (χ2v) is 6.57. The predicted molar refractivity (Wildman–Crippen MR) is 74.9 cm³/mol. The highest BCUT2D eigenvalue weighted by atomic mass is 16.5. The number of amides is 2. The first kappa shape index (κ1) is 13.8. The van der Waals surface area contributed by atoms with Crippen LogP contribution < -0.4 is 5.73 Å². The number of ether oxygens (including phenoxy) is 1. The van der Waals surface area contributed by atoms with Gasteiger partial charge < -0.3 is 19.8 Å². The Morgan fingerprint density at radius 2 is 2.23 bits per heavy atom. The van der Waals surface area contributed by atoms with Gasteiger partial charge in [-0.15, -0.1) is 0 Å². The number of nitrogens with two attached hydrogens (primary N) is 1. The van der Waals surface area contributed by atoms with Gasteiger partial charge >= 0.3 is 0 Å². The van der Waals surface area contributed by atoms with Crippen molar-refractivity contribution in [3.8, 4) is 0 Å². The van der Waals surface area contributed by atoms with E-state index in [1.807, 2.05) is 0 Å². The summed E-state index contributed by atoms with van der Waals surface area (Å²) in [4.78, 5) is 30.6. The number of likely N-dealkylation sites (tertiary alicyclic amines) is 1. The zero-order valence-corrected chi connectivity index (χ0v) is 12.3. The van der Waals surface area contributed by atoms with Crippen LogP contribution in [0.2, 0.25) is 0 Å². The van der Waals surface area contributed by atoms with Gasteiger partial charge in [-0.1, -0.05) is 0 Å². The van der Waals surface area contributed by atoms with E-state index in [0.29, 0.717) is 44.4 Å². The van der Waals surface area contributed by atoms with Gasteiger partial charge in [0.1, 0.15) is 0 Å². The smallest absolute Gasteiger partial charge is 0.291 e. The molecule has 0 aromatic carbocycles. The summed E-state index contributed by atoms with van der Waals surface area (Å²) in [6.07, 6.45) is 4.00. The first-order valence-corrected chi connectivity index (χ1v) is 7.72. The monoisotopic (exact) mass is 305 g/mol.